The van der Waals surface area contributed by atoms with E-state index in [0.717, 1.165) is 61.6 Å². The summed E-state index contributed by atoms with van der Waals surface area (Å²) in [6.07, 6.45) is 5.03. The van der Waals surface area contributed by atoms with Crippen molar-refractivity contribution in [3.8, 4) is 0 Å². The van der Waals surface area contributed by atoms with Gasteiger partial charge in [-0.25, -0.2) is 9.59 Å². The molecule has 32 heavy (non-hydrogen) atoms. The molecule has 0 radical (unpaired) electrons. The Balaban J connectivity index is 0.000000312. The number of hydrogen-bond acceptors (Lipinski definition) is 4. The zero-order valence-electron chi connectivity index (χ0n) is 17.5. The predicted molar refractivity (Wildman–Crippen MR) is 123 cm³/mol. The summed E-state index contributed by atoms with van der Waals surface area (Å²) in [5, 5.41) is 19.8. The number of aliphatic carboxylic acids is 2. The van der Waals surface area contributed by atoms with E-state index < -0.39 is 11.9 Å². The summed E-state index contributed by atoms with van der Waals surface area (Å²) in [4.78, 5) is 34.0. The Kier molecular flexibility index (Phi) is 8.03. The fourth-order valence-electron chi connectivity index (χ4n) is 3.95. The smallest absolute Gasteiger partial charge is 0.328 e. The molecule has 0 fully saturated rings. The quantitative estimate of drug-likeness (QED) is 0.611. The van der Waals surface area contributed by atoms with Gasteiger partial charge in [-0.1, -0.05) is 35.9 Å². The van der Waals surface area contributed by atoms with Gasteiger partial charge in [0.05, 0.1) is 10.7 Å². The van der Waals surface area contributed by atoms with Crippen LogP contribution in [0, 0.1) is 0 Å². The number of carboxylic acids is 2. The lowest BCUT2D eigenvalue weighted by Gasteiger charge is -2.32. The second kappa shape index (κ2) is 10.9. The van der Waals surface area contributed by atoms with E-state index in [9.17, 15) is 14.4 Å². The molecule has 1 amide bonds. The number of hydrogen-bond donors (Lipinski definition) is 3. The highest BCUT2D eigenvalue weighted by atomic mass is 35.5. The maximum absolute atomic E-state index is 13.0. The average Bonchev–Trinajstić information content (AvgIpc) is 3.04. The van der Waals surface area contributed by atoms with E-state index in [1.54, 1.807) is 0 Å². The van der Waals surface area contributed by atoms with E-state index in [1.807, 2.05) is 35.2 Å². The second-order valence-electron chi connectivity index (χ2n) is 7.52. The Hall–Kier alpha value is -3.16. The molecule has 0 aliphatic carbocycles. The van der Waals surface area contributed by atoms with Crippen LogP contribution in [0.3, 0.4) is 0 Å². The third kappa shape index (κ3) is 5.75. The number of benzene rings is 2. The molecule has 0 saturated carbocycles. The molecule has 0 saturated heterocycles. The molecule has 2 aromatic carbocycles. The van der Waals surface area contributed by atoms with Gasteiger partial charge in [0.15, 0.2) is 0 Å². The molecule has 0 aromatic heterocycles. The third-order valence-electron chi connectivity index (χ3n) is 5.37. The Bertz CT molecular complexity index is 1020. The molecular weight excluding hydrogens is 432 g/mol. The molecule has 2 aliphatic rings. The number of nitrogens with zero attached hydrogens (tertiary/aromatic N) is 1. The van der Waals surface area contributed by atoms with Gasteiger partial charge in [0, 0.05) is 24.3 Å². The Morgan fingerprint density at radius 2 is 1.59 bits per heavy atom. The monoisotopic (exact) mass is 456 g/mol. The van der Waals surface area contributed by atoms with E-state index in [0.29, 0.717) is 12.2 Å². The van der Waals surface area contributed by atoms with Crippen LogP contribution in [-0.4, -0.2) is 47.7 Å². The maximum Gasteiger partial charge on any atom is 0.328 e. The van der Waals surface area contributed by atoms with E-state index in [1.165, 1.54) is 16.7 Å². The van der Waals surface area contributed by atoms with E-state index in [-0.39, 0.29) is 5.91 Å². The summed E-state index contributed by atoms with van der Waals surface area (Å²) >= 11 is 6.82. The second-order valence-corrected chi connectivity index (χ2v) is 7.90. The first-order valence-corrected chi connectivity index (χ1v) is 10.8. The number of halogens is 1. The zero-order chi connectivity index (χ0) is 23.1. The molecular formula is C24H25ClN2O5. The fourth-order valence-corrected chi connectivity index (χ4v) is 4.39. The third-order valence-corrected chi connectivity index (χ3v) is 5.78. The molecule has 3 N–H and O–H groups in total. The molecule has 0 atom stereocenters. The molecule has 2 aliphatic heterocycles. The molecule has 2 heterocycles. The van der Waals surface area contributed by atoms with Gasteiger partial charge in [-0.05, 0) is 67.6 Å². The van der Waals surface area contributed by atoms with Crippen molar-refractivity contribution in [2.75, 3.05) is 24.5 Å². The Morgan fingerprint density at radius 1 is 0.938 bits per heavy atom. The summed E-state index contributed by atoms with van der Waals surface area (Å²) in [6.45, 7) is 2.67. The number of carbonyl (C=O) groups excluding carboxylic acids is 1. The molecule has 0 spiro atoms. The molecule has 0 bridgehead atoms. The molecule has 8 heteroatoms. The largest absolute Gasteiger partial charge is 0.478 e. The number of rotatable bonds is 3. The standard InChI is InChI=1S/C20H21ClN2O.C4H4O4/c21-18-17-9-11-22-10-8-15(17)13-16-7-4-12-23(19(16)18)20(24)14-5-2-1-3-6-14;5-3(6)1-2-4(7)8/h1-3,5-6,13,22H,4,7-12H2;1-2H,(H,5,6)(H,7,8)/b;2-1+. The van der Waals surface area contributed by atoms with Crippen LogP contribution in [0.15, 0.2) is 48.6 Å². The number of carboxylic acid groups (broad SMARTS) is 2. The van der Waals surface area contributed by atoms with Crippen LogP contribution in [0.5, 0.6) is 0 Å². The highest BCUT2D eigenvalue weighted by Crippen LogP contribution is 2.40. The van der Waals surface area contributed by atoms with Gasteiger partial charge in [-0.15, -0.1) is 0 Å². The van der Waals surface area contributed by atoms with E-state index in [2.05, 4.69) is 11.4 Å². The van der Waals surface area contributed by atoms with Crippen molar-refractivity contribution in [2.45, 2.75) is 25.7 Å². The molecule has 0 unspecified atom stereocenters. The lowest BCUT2D eigenvalue weighted by Crippen LogP contribution is -2.36. The van der Waals surface area contributed by atoms with Crippen LogP contribution in [0.1, 0.15) is 33.5 Å². The number of amides is 1. The number of anilines is 1. The minimum Gasteiger partial charge on any atom is -0.478 e. The van der Waals surface area contributed by atoms with Crippen LogP contribution in [-0.2, 0) is 28.9 Å². The topological polar surface area (TPSA) is 107 Å². The predicted octanol–water partition coefficient (Wildman–Crippen LogP) is 3.33. The van der Waals surface area contributed by atoms with Gasteiger partial charge in [0.2, 0.25) is 0 Å². The van der Waals surface area contributed by atoms with Crippen LogP contribution >= 0.6 is 11.6 Å². The van der Waals surface area contributed by atoms with Crippen molar-refractivity contribution in [1.82, 2.24) is 5.32 Å². The number of aryl methyl sites for hydroxylation is 1. The van der Waals surface area contributed by atoms with Gasteiger partial charge in [-0.3, -0.25) is 4.79 Å². The Morgan fingerprint density at radius 3 is 2.25 bits per heavy atom. The van der Waals surface area contributed by atoms with Crippen LogP contribution < -0.4 is 10.2 Å². The first-order valence-electron chi connectivity index (χ1n) is 10.4. The van der Waals surface area contributed by atoms with Crippen molar-refractivity contribution in [2.24, 2.45) is 0 Å². The fraction of sp³-hybridized carbons (Fsp3) is 0.292. The highest BCUT2D eigenvalue weighted by molar-refractivity contribution is 6.35. The Labute approximate surface area is 191 Å². The van der Waals surface area contributed by atoms with Crippen molar-refractivity contribution in [3.05, 3.63) is 75.8 Å². The minimum absolute atomic E-state index is 0.0464. The summed E-state index contributed by atoms with van der Waals surface area (Å²) in [5.41, 5.74) is 5.44. The average molecular weight is 457 g/mol. The zero-order valence-corrected chi connectivity index (χ0v) is 18.3. The minimum atomic E-state index is -1.26. The SMILES string of the molecule is O=C(O)/C=C/C(=O)O.O=C(c1ccccc1)N1CCCc2cc3c(c(Cl)c21)CCNCC3. The van der Waals surface area contributed by atoms with E-state index >= 15 is 0 Å². The number of fused-ring (bicyclic) bond motifs is 2. The number of nitrogens with one attached hydrogen (secondary N) is 1. The van der Waals surface area contributed by atoms with Gasteiger partial charge in [0.25, 0.3) is 5.91 Å². The van der Waals surface area contributed by atoms with Gasteiger partial charge >= 0.3 is 11.9 Å². The van der Waals surface area contributed by atoms with E-state index in [4.69, 9.17) is 21.8 Å². The highest BCUT2D eigenvalue weighted by Gasteiger charge is 2.28. The summed E-state index contributed by atoms with van der Waals surface area (Å²) in [7, 11) is 0. The van der Waals surface area contributed by atoms with Crippen molar-refractivity contribution < 1.29 is 24.6 Å². The number of carbonyl (C=O) groups is 3. The van der Waals surface area contributed by atoms with Gasteiger partial charge in [0.1, 0.15) is 0 Å². The lowest BCUT2D eigenvalue weighted by molar-refractivity contribution is -0.134. The van der Waals surface area contributed by atoms with Crippen LogP contribution in [0.25, 0.3) is 0 Å². The molecule has 7 nitrogen and oxygen atoms in total. The summed E-state index contributed by atoms with van der Waals surface area (Å²) in [5.74, 6) is -2.47. The normalized spacial score (nSPS) is 15.1. The van der Waals surface area contributed by atoms with Gasteiger partial charge in [-0.2, -0.15) is 0 Å². The summed E-state index contributed by atoms with van der Waals surface area (Å²) in [6, 6.07) is 11.8. The van der Waals surface area contributed by atoms with Crippen molar-refractivity contribution in [3.63, 3.8) is 0 Å². The summed E-state index contributed by atoms with van der Waals surface area (Å²) < 4.78 is 0. The first-order chi connectivity index (χ1) is 15.4. The maximum atomic E-state index is 13.0. The first kappa shape index (κ1) is 23.5. The molecule has 2 aromatic rings. The van der Waals surface area contributed by atoms with Crippen molar-refractivity contribution in [1.29, 1.82) is 0 Å². The van der Waals surface area contributed by atoms with Crippen LogP contribution in [0.2, 0.25) is 5.02 Å². The van der Waals surface area contributed by atoms with Crippen LogP contribution in [0.4, 0.5) is 5.69 Å². The molecule has 4 rings (SSSR count). The molecule has 168 valence electrons. The van der Waals surface area contributed by atoms with Crippen molar-refractivity contribution >= 4 is 35.1 Å². The van der Waals surface area contributed by atoms with Gasteiger partial charge < -0.3 is 20.4 Å². The lowest BCUT2D eigenvalue weighted by atomic mass is 9.92.